The molecule has 2 aromatic heterocycles. The molecule has 1 aliphatic carbocycles. The standard InChI is InChI=1S/C19H19ClN4O5S/c1-30(26,27)23-16-5-4-15(28-16)17(25)21-12-7-19(8-12)9-24(10-19)18-22-13-6-11(20)2-3-14(13)29-18/h2-6,12,23H,7-10H2,1H3,(H,21,25). The zero-order chi connectivity index (χ0) is 21.1. The number of carbonyl (C=O) groups is 1. The highest BCUT2D eigenvalue weighted by Crippen LogP contribution is 2.49. The quantitative estimate of drug-likeness (QED) is 0.613. The van der Waals surface area contributed by atoms with Gasteiger partial charge in [0.2, 0.25) is 15.9 Å². The fourth-order valence-corrected chi connectivity index (χ4v) is 4.86. The number of hydrogen-bond acceptors (Lipinski definition) is 7. The minimum absolute atomic E-state index is 0.0157. The maximum absolute atomic E-state index is 12.3. The largest absolute Gasteiger partial charge is 0.435 e. The van der Waals surface area contributed by atoms with Crippen LogP contribution in [0.5, 0.6) is 0 Å². The van der Waals surface area contributed by atoms with E-state index in [9.17, 15) is 13.2 Å². The van der Waals surface area contributed by atoms with Crippen molar-refractivity contribution in [3.8, 4) is 0 Å². The van der Waals surface area contributed by atoms with Gasteiger partial charge in [-0.2, -0.15) is 4.98 Å². The number of anilines is 2. The topological polar surface area (TPSA) is 118 Å². The van der Waals surface area contributed by atoms with Gasteiger partial charge < -0.3 is 19.1 Å². The summed E-state index contributed by atoms with van der Waals surface area (Å²) in [4.78, 5) is 18.9. The Kier molecular flexibility index (Phi) is 4.26. The number of furan rings is 1. The van der Waals surface area contributed by atoms with Crippen molar-refractivity contribution in [2.45, 2.75) is 18.9 Å². The van der Waals surface area contributed by atoms with E-state index < -0.39 is 10.0 Å². The molecule has 2 aliphatic rings. The molecule has 1 spiro atoms. The van der Waals surface area contributed by atoms with Crippen molar-refractivity contribution in [1.29, 1.82) is 0 Å². The van der Waals surface area contributed by atoms with E-state index in [1.54, 1.807) is 12.1 Å². The van der Waals surface area contributed by atoms with E-state index in [2.05, 4.69) is 19.9 Å². The van der Waals surface area contributed by atoms with Gasteiger partial charge in [-0.3, -0.25) is 9.52 Å². The van der Waals surface area contributed by atoms with Crippen LogP contribution >= 0.6 is 11.6 Å². The summed E-state index contributed by atoms with van der Waals surface area (Å²) in [5.74, 6) is -0.270. The third-order valence-electron chi connectivity index (χ3n) is 5.47. The average molecular weight is 451 g/mol. The van der Waals surface area contributed by atoms with Crippen LogP contribution in [-0.2, 0) is 10.0 Å². The van der Waals surface area contributed by atoms with Crippen LogP contribution in [0.1, 0.15) is 23.4 Å². The Labute approximate surface area is 177 Å². The summed E-state index contributed by atoms with van der Waals surface area (Å²) in [6.07, 6.45) is 2.73. The van der Waals surface area contributed by atoms with E-state index >= 15 is 0 Å². The number of halogens is 1. The molecule has 0 radical (unpaired) electrons. The highest BCUT2D eigenvalue weighted by molar-refractivity contribution is 7.92. The van der Waals surface area contributed by atoms with Crippen LogP contribution in [-0.4, -0.2) is 44.7 Å². The zero-order valence-corrected chi connectivity index (χ0v) is 17.6. The molecule has 1 amide bonds. The molecular formula is C19H19ClN4O5S. The lowest BCUT2D eigenvalue weighted by atomic mass is 9.61. The van der Waals surface area contributed by atoms with E-state index in [4.69, 9.17) is 20.4 Å². The Bertz CT molecular complexity index is 1240. The average Bonchev–Trinajstić information content (AvgIpc) is 3.20. The molecule has 1 saturated heterocycles. The summed E-state index contributed by atoms with van der Waals surface area (Å²) in [7, 11) is -3.46. The highest BCUT2D eigenvalue weighted by Gasteiger charge is 2.54. The van der Waals surface area contributed by atoms with Crippen molar-refractivity contribution in [3.05, 3.63) is 41.1 Å². The second kappa shape index (κ2) is 6.64. The second-order valence-corrected chi connectivity index (χ2v) is 10.3. The van der Waals surface area contributed by atoms with Crippen molar-refractivity contribution in [3.63, 3.8) is 0 Å². The monoisotopic (exact) mass is 450 g/mol. The fraction of sp³-hybridized carbons (Fsp3) is 0.368. The molecule has 0 atom stereocenters. The molecule has 1 aromatic carbocycles. The lowest BCUT2D eigenvalue weighted by molar-refractivity contribution is 0.0405. The van der Waals surface area contributed by atoms with E-state index in [1.165, 1.54) is 12.1 Å². The highest BCUT2D eigenvalue weighted by atomic mass is 35.5. The molecule has 5 rings (SSSR count). The molecule has 2 N–H and O–H groups in total. The SMILES string of the molecule is CS(=O)(=O)Nc1ccc(C(=O)NC2CC3(C2)CN(c2nc4cc(Cl)ccc4o2)C3)o1. The number of carbonyl (C=O) groups excluding carboxylic acids is 1. The van der Waals surface area contributed by atoms with Gasteiger partial charge in [0.1, 0.15) is 5.52 Å². The summed E-state index contributed by atoms with van der Waals surface area (Å²) >= 11 is 6.00. The predicted octanol–water partition coefficient (Wildman–Crippen LogP) is 2.84. The third-order valence-corrected chi connectivity index (χ3v) is 6.28. The summed E-state index contributed by atoms with van der Waals surface area (Å²) in [6, 6.07) is 8.86. The van der Waals surface area contributed by atoms with Crippen molar-refractivity contribution < 1.29 is 22.0 Å². The molecule has 158 valence electrons. The fourth-order valence-electron chi connectivity index (χ4n) is 4.22. The third kappa shape index (κ3) is 3.61. The number of rotatable bonds is 5. The van der Waals surface area contributed by atoms with Crippen molar-refractivity contribution in [2.75, 3.05) is 29.0 Å². The second-order valence-electron chi connectivity index (χ2n) is 8.08. The van der Waals surface area contributed by atoms with Gasteiger partial charge in [0.15, 0.2) is 11.3 Å². The number of oxazole rings is 1. The molecule has 0 unspecified atom stereocenters. The number of nitrogens with one attached hydrogen (secondary N) is 2. The van der Waals surface area contributed by atoms with E-state index in [0.29, 0.717) is 16.6 Å². The van der Waals surface area contributed by atoms with Crippen LogP contribution in [0.3, 0.4) is 0 Å². The molecule has 30 heavy (non-hydrogen) atoms. The van der Waals surface area contributed by atoms with Gasteiger partial charge in [-0.15, -0.1) is 0 Å². The Morgan fingerprint density at radius 1 is 1.23 bits per heavy atom. The lowest BCUT2D eigenvalue weighted by Crippen LogP contribution is -2.66. The Hall–Kier alpha value is -2.72. The van der Waals surface area contributed by atoms with Gasteiger partial charge in [-0.05, 0) is 37.1 Å². The predicted molar refractivity (Wildman–Crippen MR) is 111 cm³/mol. The first-order chi connectivity index (χ1) is 14.2. The Morgan fingerprint density at radius 3 is 2.73 bits per heavy atom. The van der Waals surface area contributed by atoms with Gasteiger partial charge in [0.05, 0.1) is 6.26 Å². The molecule has 0 bridgehead atoms. The van der Waals surface area contributed by atoms with Gasteiger partial charge in [0, 0.05) is 35.6 Å². The lowest BCUT2D eigenvalue weighted by Gasteiger charge is -2.58. The minimum atomic E-state index is -3.46. The first-order valence-electron chi connectivity index (χ1n) is 9.38. The van der Waals surface area contributed by atoms with Crippen LogP contribution in [0.2, 0.25) is 5.02 Å². The van der Waals surface area contributed by atoms with Gasteiger partial charge in [-0.25, -0.2) is 8.42 Å². The van der Waals surface area contributed by atoms with E-state index in [0.717, 1.165) is 37.7 Å². The van der Waals surface area contributed by atoms with Crippen molar-refractivity contribution in [1.82, 2.24) is 10.3 Å². The summed E-state index contributed by atoms with van der Waals surface area (Å²) < 4.78 is 35.7. The summed E-state index contributed by atoms with van der Waals surface area (Å²) in [5, 5.41) is 3.55. The molecule has 3 heterocycles. The van der Waals surface area contributed by atoms with Crippen LogP contribution in [0.25, 0.3) is 11.1 Å². The van der Waals surface area contributed by atoms with Crippen molar-refractivity contribution >= 4 is 50.5 Å². The van der Waals surface area contributed by atoms with E-state index in [-0.39, 0.29) is 29.0 Å². The molecule has 3 aromatic rings. The normalized spacial score (nSPS) is 18.3. The molecule has 1 saturated carbocycles. The van der Waals surface area contributed by atoms with Gasteiger partial charge in [0.25, 0.3) is 11.9 Å². The molecule has 9 nitrogen and oxygen atoms in total. The first kappa shape index (κ1) is 19.3. The van der Waals surface area contributed by atoms with Gasteiger partial charge in [-0.1, -0.05) is 11.6 Å². The number of amides is 1. The molecule has 1 aliphatic heterocycles. The summed E-state index contributed by atoms with van der Waals surface area (Å²) in [5.41, 5.74) is 1.60. The number of hydrogen-bond donors (Lipinski definition) is 2. The first-order valence-corrected chi connectivity index (χ1v) is 11.6. The molecule has 2 fully saturated rings. The molecule has 11 heteroatoms. The zero-order valence-electron chi connectivity index (χ0n) is 16.0. The molecular weight excluding hydrogens is 432 g/mol. The number of benzene rings is 1. The van der Waals surface area contributed by atoms with Crippen molar-refractivity contribution in [2.24, 2.45) is 5.41 Å². The van der Waals surface area contributed by atoms with E-state index in [1.807, 2.05) is 6.07 Å². The minimum Gasteiger partial charge on any atom is -0.435 e. The Morgan fingerprint density at radius 2 is 2.00 bits per heavy atom. The van der Waals surface area contributed by atoms with Gasteiger partial charge >= 0.3 is 0 Å². The maximum Gasteiger partial charge on any atom is 0.298 e. The number of sulfonamides is 1. The van der Waals surface area contributed by atoms with Crippen LogP contribution in [0.15, 0.2) is 39.2 Å². The Balaban J connectivity index is 1.14. The number of aromatic nitrogens is 1. The number of fused-ring (bicyclic) bond motifs is 1. The smallest absolute Gasteiger partial charge is 0.298 e. The maximum atomic E-state index is 12.3. The summed E-state index contributed by atoms with van der Waals surface area (Å²) in [6.45, 7) is 1.65. The number of nitrogens with zero attached hydrogens (tertiary/aromatic N) is 2. The van der Waals surface area contributed by atoms with Crippen LogP contribution in [0, 0.1) is 5.41 Å². The van der Waals surface area contributed by atoms with Crippen LogP contribution < -0.4 is 14.9 Å². The van der Waals surface area contributed by atoms with Crippen LogP contribution in [0.4, 0.5) is 11.9 Å².